The van der Waals surface area contributed by atoms with E-state index in [0.29, 0.717) is 13.0 Å². The van der Waals surface area contributed by atoms with E-state index in [2.05, 4.69) is 29.5 Å². The third kappa shape index (κ3) is 3.14. The van der Waals surface area contributed by atoms with Crippen LogP contribution in [0.3, 0.4) is 0 Å². The lowest BCUT2D eigenvalue weighted by Gasteiger charge is -2.33. The highest BCUT2D eigenvalue weighted by atomic mass is 32.2. The molecule has 0 radical (unpaired) electrons. The van der Waals surface area contributed by atoms with Gasteiger partial charge < -0.3 is 10.6 Å². The highest BCUT2D eigenvalue weighted by Gasteiger charge is 2.25. The van der Waals surface area contributed by atoms with Crippen molar-refractivity contribution < 1.29 is 4.79 Å². The first kappa shape index (κ1) is 11.8. The monoisotopic (exact) mass is 241 g/mol. The topological polar surface area (TPSA) is 53.5 Å². The summed E-state index contributed by atoms with van der Waals surface area (Å²) in [6.07, 6.45) is 2.64. The van der Waals surface area contributed by atoms with Crippen molar-refractivity contribution in [2.75, 3.05) is 12.3 Å². The zero-order chi connectivity index (χ0) is 11.6. The zero-order valence-electron chi connectivity index (χ0n) is 9.88. The Morgan fingerprint density at radius 2 is 2.31 bits per heavy atom. The quantitative estimate of drug-likeness (QED) is 0.723. The number of aliphatic imine (C=N–C) groups is 1. The number of piperidine rings is 1. The minimum atomic E-state index is 0.154. The third-order valence-electron chi connectivity index (χ3n) is 2.95. The average Bonchev–Trinajstić information content (AvgIpc) is 2.20. The minimum Gasteiger partial charge on any atom is -0.360 e. The predicted molar refractivity (Wildman–Crippen MR) is 67.8 cm³/mol. The molecule has 90 valence electrons. The van der Waals surface area contributed by atoms with Crippen LogP contribution in [0.5, 0.6) is 0 Å². The van der Waals surface area contributed by atoms with Crippen molar-refractivity contribution >= 4 is 22.8 Å². The number of carbonyl (C=O) groups is 1. The summed E-state index contributed by atoms with van der Waals surface area (Å²) in [5, 5.41) is 7.35. The van der Waals surface area contributed by atoms with Gasteiger partial charge in [-0.3, -0.25) is 9.79 Å². The Morgan fingerprint density at radius 3 is 2.94 bits per heavy atom. The normalized spacial score (nSPS) is 32.0. The van der Waals surface area contributed by atoms with Gasteiger partial charge in [-0.2, -0.15) is 0 Å². The molecule has 0 saturated carbocycles. The summed E-state index contributed by atoms with van der Waals surface area (Å²) in [5.41, 5.74) is 0.155. The fraction of sp³-hybridized carbons (Fsp3) is 0.818. The lowest BCUT2D eigenvalue weighted by molar-refractivity contribution is -0.122. The Morgan fingerprint density at radius 1 is 1.50 bits per heavy atom. The summed E-state index contributed by atoms with van der Waals surface area (Å²) in [6.45, 7) is 5.08. The van der Waals surface area contributed by atoms with Crippen LogP contribution in [0.25, 0.3) is 0 Å². The van der Waals surface area contributed by atoms with E-state index in [4.69, 9.17) is 0 Å². The Kier molecular flexibility index (Phi) is 3.42. The largest absolute Gasteiger partial charge is 0.360 e. The van der Waals surface area contributed by atoms with E-state index in [1.54, 1.807) is 11.8 Å². The van der Waals surface area contributed by atoms with Crippen molar-refractivity contribution in [2.24, 2.45) is 4.99 Å². The first-order valence-corrected chi connectivity index (χ1v) is 6.79. The van der Waals surface area contributed by atoms with Crippen LogP contribution in [0.15, 0.2) is 4.99 Å². The Labute approximate surface area is 101 Å². The van der Waals surface area contributed by atoms with Crippen LogP contribution in [-0.2, 0) is 4.79 Å². The van der Waals surface area contributed by atoms with Gasteiger partial charge in [0.15, 0.2) is 5.17 Å². The van der Waals surface area contributed by atoms with E-state index in [1.165, 1.54) is 0 Å². The number of amidine groups is 1. The number of rotatable bonds is 1. The van der Waals surface area contributed by atoms with Gasteiger partial charge in [0.05, 0.1) is 6.04 Å². The van der Waals surface area contributed by atoms with Gasteiger partial charge in [-0.25, -0.2) is 0 Å². The van der Waals surface area contributed by atoms with Crippen LogP contribution in [-0.4, -0.2) is 35.0 Å². The molecule has 0 spiro atoms. The molecule has 2 N–H and O–H groups in total. The van der Waals surface area contributed by atoms with E-state index in [9.17, 15) is 4.79 Å². The molecule has 2 saturated heterocycles. The van der Waals surface area contributed by atoms with Gasteiger partial charge in [0.25, 0.3) is 0 Å². The van der Waals surface area contributed by atoms with Crippen LogP contribution in [0, 0.1) is 0 Å². The lowest BCUT2D eigenvalue weighted by atomic mass is 10.0. The molecule has 2 aliphatic rings. The summed E-state index contributed by atoms with van der Waals surface area (Å²) >= 11 is 1.79. The maximum atomic E-state index is 11.0. The van der Waals surface area contributed by atoms with Gasteiger partial charge in [-0.15, -0.1) is 0 Å². The molecule has 1 unspecified atom stereocenters. The molecule has 0 aromatic heterocycles. The standard InChI is InChI=1S/C11H19N3OS/c1-11(2)5-6-16-10(14-11)13-8-3-4-9(15)12-7-8/h8H,3-7H2,1-2H3,(H,12,15)(H,13,14). The summed E-state index contributed by atoms with van der Waals surface area (Å²) in [4.78, 5) is 15.7. The minimum absolute atomic E-state index is 0.154. The van der Waals surface area contributed by atoms with E-state index in [-0.39, 0.29) is 17.5 Å². The molecule has 2 heterocycles. The number of carbonyl (C=O) groups excluding carboxylic acids is 1. The van der Waals surface area contributed by atoms with Gasteiger partial charge in [-0.1, -0.05) is 11.8 Å². The van der Waals surface area contributed by atoms with Crippen LogP contribution in [0.1, 0.15) is 33.1 Å². The molecule has 16 heavy (non-hydrogen) atoms. The Balaban J connectivity index is 1.93. The maximum Gasteiger partial charge on any atom is 0.220 e. The number of thioether (sulfide) groups is 1. The molecule has 1 atom stereocenters. The predicted octanol–water partition coefficient (Wildman–Crippen LogP) is 1.13. The number of nitrogens with zero attached hydrogens (tertiary/aromatic N) is 1. The molecule has 4 nitrogen and oxygen atoms in total. The Bertz CT molecular complexity index is 304. The van der Waals surface area contributed by atoms with Crippen LogP contribution in [0.2, 0.25) is 0 Å². The van der Waals surface area contributed by atoms with Gasteiger partial charge in [0.2, 0.25) is 5.91 Å². The number of hydrogen-bond donors (Lipinski definition) is 2. The second-order valence-electron chi connectivity index (χ2n) is 5.04. The second kappa shape index (κ2) is 4.65. The molecule has 2 fully saturated rings. The molecular weight excluding hydrogens is 222 g/mol. The maximum absolute atomic E-state index is 11.0. The summed E-state index contributed by atoms with van der Waals surface area (Å²) in [6, 6.07) is 0.251. The molecule has 2 aliphatic heterocycles. The fourth-order valence-corrected chi connectivity index (χ4v) is 3.23. The van der Waals surface area contributed by atoms with Crippen LogP contribution in [0.4, 0.5) is 0 Å². The van der Waals surface area contributed by atoms with Gasteiger partial charge >= 0.3 is 0 Å². The molecule has 0 aliphatic carbocycles. The van der Waals surface area contributed by atoms with Crippen molar-refractivity contribution in [3.8, 4) is 0 Å². The molecule has 0 aromatic rings. The summed E-state index contributed by atoms with van der Waals surface area (Å²) < 4.78 is 0. The van der Waals surface area contributed by atoms with Crippen molar-refractivity contribution in [2.45, 2.75) is 44.7 Å². The van der Waals surface area contributed by atoms with E-state index in [1.807, 2.05) is 0 Å². The summed E-state index contributed by atoms with van der Waals surface area (Å²) in [7, 11) is 0. The van der Waals surface area contributed by atoms with Gasteiger partial charge in [0, 0.05) is 24.3 Å². The highest BCUT2D eigenvalue weighted by Crippen LogP contribution is 2.22. The molecular formula is C11H19N3OS. The van der Waals surface area contributed by atoms with Crippen LogP contribution >= 0.6 is 11.8 Å². The smallest absolute Gasteiger partial charge is 0.220 e. The first-order chi connectivity index (χ1) is 7.55. The second-order valence-corrected chi connectivity index (χ2v) is 6.12. The summed E-state index contributed by atoms with van der Waals surface area (Å²) in [5.74, 6) is 1.28. The van der Waals surface area contributed by atoms with Crippen LogP contribution < -0.4 is 10.6 Å². The van der Waals surface area contributed by atoms with E-state index < -0.39 is 0 Å². The number of amides is 1. The fourth-order valence-electron chi connectivity index (χ4n) is 1.86. The average molecular weight is 241 g/mol. The van der Waals surface area contributed by atoms with Crippen molar-refractivity contribution in [3.05, 3.63) is 0 Å². The zero-order valence-corrected chi connectivity index (χ0v) is 10.7. The molecule has 0 bridgehead atoms. The molecule has 5 heteroatoms. The molecule has 1 amide bonds. The Hall–Kier alpha value is -0.710. The van der Waals surface area contributed by atoms with E-state index >= 15 is 0 Å². The number of nitrogens with one attached hydrogen (secondary N) is 2. The lowest BCUT2D eigenvalue weighted by Crippen LogP contribution is -2.47. The number of hydrogen-bond acceptors (Lipinski definition) is 3. The van der Waals surface area contributed by atoms with Crippen molar-refractivity contribution in [1.29, 1.82) is 0 Å². The van der Waals surface area contributed by atoms with Gasteiger partial charge in [0.1, 0.15) is 0 Å². The van der Waals surface area contributed by atoms with E-state index in [0.717, 1.165) is 23.8 Å². The highest BCUT2D eigenvalue weighted by molar-refractivity contribution is 8.13. The van der Waals surface area contributed by atoms with Crippen molar-refractivity contribution in [1.82, 2.24) is 10.6 Å². The molecule has 2 rings (SSSR count). The third-order valence-corrected chi connectivity index (χ3v) is 3.84. The SMILES string of the molecule is CC1(C)CCSC(=NC2CCC(=O)NC2)N1. The first-order valence-electron chi connectivity index (χ1n) is 5.81. The van der Waals surface area contributed by atoms with Crippen molar-refractivity contribution in [3.63, 3.8) is 0 Å². The van der Waals surface area contributed by atoms with Gasteiger partial charge in [-0.05, 0) is 26.7 Å². The molecule has 0 aromatic carbocycles.